The topological polar surface area (TPSA) is 58.6 Å². The zero-order chi connectivity index (χ0) is 14.6. The summed E-state index contributed by atoms with van der Waals surface area (Å²) in [7, 11) is 0. The van der Waals surface area contributed by atoms with E-state index in [0.717, 1.165) is 23.5 Å². The minimum atomic E-state index is -0.399. The predicted octanol–water partition coefficient (Wildman–Crippen LogP) is 2.72. The van der Waals surface area contributed by atoms with Crippen LogP contribution in [-0.2, 0) is 11.2 Å². The smallest absolute Gasteiger partial charge is 0.407 e. The van der Waals surface area contributed by atoms with Gasteiger partial charge >= 0.3 is 6.09 Å². The minimum Gasteiger partial charge on any atom is -0.449 e. The molecule has 1 aromatic rings. The molecule has 0 saturated carbocycles. The molecular weight excluding hydrogens is 298 g/mol. The largest absolute Gasteiger partial charge is 0.449 e. The molecule has 0 saturated heterocycles. The van der Waals surface area contributed by atoms with Crippen LogP contribution in [0.25, 0.3) is 0 Å². The Morgan fingerprint density at radius 1 is 1.35 bits per heavy atom. The Kier molecular flexibility index (Phi) is 9.28. The lowest BCUT2D eigenvalue weighted by molar-refractivity contribution is 0.147. The van der Waals surface area contributed by atoms with Crippen molar-refractivity contribution < 1.29 is 14.6 Å². The molecule has 4 nitrogen and oxygen atoms in total. The van der Waals surface area contributed by atoms with E-state index < -0.39 is 6.09 Å². The summed E-state index contributed by atoms with van der Waals surface area (Å²) in [4.78, 5) is 11.4. The summed E-state index contributed by atoms with van der Waals surface area (Å²) in [6, 6.07) is 7.52. The van der Waals surface area contributed by atoms with E-state index >= 15 is 0 Å². The highest BCUT2D eigenvalue weighted by Crippen LogP contribution is 2.15. The summed E-state index contributed by atoms with van der Waals surface area (Å²) in [5, 5.41) is 12.0. The van der Waals surface area contributed by atoms with E-state index in [-0.39, 0.29) is 6.61 Å². The van der Waals surface area contributed by atoms with E-state index in [4.69, 9.17) is 21.4 Å². The number of amides is 1. The van der Waals surface area contributed by atoms with Gasteiger partial charge in [0.05, 0.1) is 13.2 Å². The Morgan fingerprint density at radius 2 is 2.15 bits per heavy atom. The van der Waals surface area contributed by atoms with Crippen LogP contribution in [0.15, 0.2) is 24.3 Å². The molecule has 1 rings (SSSR count). The molecule has 0 spiro atoms. The van der Waals surface area contributed by atoms with Crippen molar-refractivity contribution in [1.29, 1.82) is 0 Å². The summed E-state index contributed by atoms with van der Waals surface area (Å²) in [5.74, 6) is 1.66. The van der Waals surface area contributed by atoms with Crippen molar-refractivity contribution in [3.63, 3.8) is 0 Å². The van der Waals surface area contributed by atoms with Crippen molar-refractivity contribution in [1.82, 2.24) is 5.32 Å². The molecule has 0 fully saturated rings. The number of aliphatic hydroxyl groups is 1. The first-order valence-corrected chi connectivity index (χ1v) is 8.10. The molecule has 6 heteroatoms. The van der Waals surface area contributed by atoms with Crippen LogP contribution >= 0.6 is 23.4 Å². The second-order valence-electron chi connectivity index (χ2n) is 4.09. The summed E-state index contributed by atoms with van der Waals surface area (Å²) in [6.45, 7) is 1.10. The van der Waals surface area contributed by atoms with Crippen molar-refractivity contribution in [3.8, 4) is 0 Å². The molecule has 1 amide bonds. The monoisotopic (exact) mass is 317 g/mol. The van der Waals surface area contributed by atoms with E-state index in [1.165, 1.54) is 0 Å². The van der Waals surface area contributed by atoms with E-state index in [1.807, 2.05) is 24.3 Å². The van der Waals surface area contributed by atoms with E-state index in [1.54, 1.807) is 11.8 Å². The predicted molar refractivity (Wildman–Crippen MR) is 83.5 cm³/mol. The number of nitrogens with one attached hydrogen (secondary N) is 1. The van der Waals surface area contributed by atoms with E-state index in [9.17, 15) is 4.79 Å². The fraction of sp³-hybridized carbons (Fsp3) is 0.500. The van der Waals surface area contributed by atoms with Gasteiger partial charge in [0.15, 0.2) is 0 Å². The van der Waals surface area contributed by atoms with Crippen molar-refractivity contribution >= 4 is 29.5 Å². The number of carbonyl (C=O) groups is 1. The molecule has 20 heavy (non-hydrogen) atoms. The summed E-state index contributed by atoms with van der Waals surface area (Å²) in [5.41, 5.74) is 0.974. The number of alkyl carbamates (subject to hydrolysis) is 1. The van der Waals surface area contributed by atoms with E-state index in [2.05, 4.69) is 5.32 Å². The van der Waals surface area contributed by atoms with Crippen LogP contribution in [0.1, 0.15) is 12.0 Å². The number of rotatable bonds is 9. The number of aliphatic hydroxyl groups excluding tert-OH is 1. The average molecular weight is 318 g/mol. The number of halogens is 1. The molecule has 0 bridgehead atoms. The van der Waals surface area contributed by atoms with Crippen molar-refractivity contribution in [2.45, 2.75) is 12.8 Å². The molecule has 0 aliphatic rings. The number of hydrogen-bond donors (Lipinski definition) is 2. The van der Waals surface area contributed by atoms with Gasteiger partial charge < -0.3 is 15.2 Å². The third-order valence-corrected chi connectivity index (χ3v) is 3.95. The zero-order valence-electron chi connectivity index (χ0n) is 11.3. The molecule has 1 aromatic carbocycles. The Hall–Kier alpha value is -0.910. The molecule has 112 valence electrons. The first-order valence-electron chi connectivity index (χ1n) is 6.56. The normalized spacial score (nSPS) is 10.3. The molecule has 0 radical (unpaired) electrons. The summed E-state index contributed by atoms with van der Waals surface area (Å²) < 4.78 is 5.07. The van der Waals surface area contributed by atoms with Crippen LogP contribution in [0.2, 0.25) is 5.02 Å². The average Bonchev–Trinajstić information content (AvgIpc) is 2.45. The highest BCUT2D eigenvalue weighted by Gasteiger charge is 2.03. The van der Waals surface area contributed by atoms with Crippen molar-refractivity contribution in [2.75, 3.05) is 31.3 Å². The number of ether oxygens (including phenoxy) is 1. The quantitative estimate of drug-likeness (QED) is 0.688. The number of hydrogen-bond acceptors (Lipinski definition) is 4. The number of thioether (sulfide) groups is 1. The maximum atomic E-state index is 11.4. The van der Waals surface area contributed by atoms with Gasteiger partial charge in [-0.3, -0.25) is 0 Å². The third-order valence-electron chi connectivity index (χ3n) is 2.53. The minimum absolute atomic E-state index is 0.197. The summed E-state index contributed by atoms with van der Waals surface area (Å²) >= 11 is 7.67. The first-order chi connectivity index (χ1) is 9.74. The van der Waals surface area contributed by atoms with Gasteiger partial charge in [-0.1, -0.05) is 29.8 Å². The lowest BCUT2D eigenvalue weighted by Gasteiger charge is -2.07. The molecule has 0 aliphatic heterocycles. The molecule has 0 unspecified atom stereocenters. The Morgan fingerprint density at radius 3 is 2.90 bits per heavy atom. The van der Waals surface area contributed by atoms with Gasteiger partial charge in [0.2, 0.25) is 0 Å². The van der Waals surface area contributed by atoms with Gasteiger partial charge in [-0.15, -0.1) is 0 Å². The van der Waals surface area contributed by atoms with Crippen LogP contribution in [-0.4, -0.2) is 42.5 Å². The molecule has 0 atom stereocenters. The van der Waals surface area contributed by atoms with Gasteiger partial charge in [-0.05, 0) is 23.8 Å². The van der Waals surface area contributed by atoms with Gasteiger partial charge in [-0.25, -0.2) is 4.79 Å². The Labute approximate surface area is 128 Å². The Bertz CT molecular complexity index is 404. The lowest BCUT2D eigenvalue weighted by atomic mass is 10.2. The van der Waals surface area contributed by atoms with Crippen LogP contribution in [0.4, 0.5) is 4.79 Å². The molecule has 0 aromatic heterocycles. The molecule has 2 N–H and O–H groups in total. The van der Waals surface area contributed by atoms with Gasteiger partial charge in [0, 0.05) is 23.7 Å². The SMILES string of the molecule is O=C(NCCCSCCO)OCCc1ccccc1Cl. The number of benzene rings is 1. The first kappa shape index (κ1) is 17.1. The van der Waals surface area contributed by atoms with Crippen molar-refractivity contribution in [3.05, 3.63) is 34.9 Å². The molecule has 0 aliphatic carbocycles. The van der Waals surface area contributed by atoms with Crippen molar-refractivity contribution in [2.24, 2.45) is 0 Å². The van der Waals surface area contributed by atoms with Crippen LogP contribution in [0, 0.1) is 0 Å². The van der Waals surface area contributed by atoms with Crippen LogP contribution in [0.3, 0.4) is 0 Å². The standard InChI is InChI=1S/C14H20ClNO3S/c15-13-5-2-1-4-12(13)6-9-19-14(18)16-7-3-10-20-11-8-17/h1-2,4-5,17H,3,6-11H2,(H,16,18). The fourth-order valence-corrected chi connectivity index (χ4v) is 2.45. The highest BCUT2D eigenvalue weighted by atomic mass is 35.5. The Balaban J connectivity index is 2.04. The second-order valence-corrected chi connectivity index (χ2v) is 5.73. The highest BCUT2D eigenvalue weighted by molar-refractivity contribution is 7.99. The fourth-order valence-electron chi connectivity index (χ4n) is 1.54. The molecule has 0 heterocycles. The summed E-state index contributed by atoms with van der Waals surface area (Å²) in [6.07, 6.45) is 1.08. The van der Waals surface area contributed by atoms with E-state index in [0.29, 0.717) is 24.6 Å². The van der Waals surface area contributed by atoms with Crippen LogP contribution < -0.4 is 5.32 Å². The maximum Gasteiger partial charge on any atom is 0.407 e. The lowest BCUT2D eigenvalue weighted by Crippen LogP contribution is -2.26. The maximum absolute atomic E-state index is 11.4. The molecular formula is C14H20ClNO3S. The second kappa shape index (κ2) is 10.8. The van der Waals surface area contributed by atoms with Crippen LogP contribution in [0.5, 0.6) is 0 Å². The number of carbonyl (C=O) groups excluding carboxylic acids is 1. The zero-order valence-corrected chi connectivity index (χ0v) is 12.9. The van der Waals surface area contributed by atoms with Gasteiger partial charge in [0.25, 0.3) is 0 Å². The van der Waals surface area contributed by atoms with Gasteiger partial charge in [0.1, 0.15) is 0 Å². The van der Waals surface area contributed by atoms with Gasteiger partial charge in [-0.2, -0.15) is 11.8 Å². The third kappa shape index (κ3) is 7.62.